The zero-order valence-electron chi connectivity index (χ0n) is 11.2. The van der Waals surface area contributed by atoms with Gasteiger partial charge in [0.25, 0.3) is 5.91 Å². The van der Waals surface area contributed by atoms with Crippen molar-refractivity contribution in [2.24, 2.45) is 0 Å². The first-order chi connectivity index (χ1) is 10.2. The van der Waals surface area contributed by atoms with E-state index in [0.29, 0.717) is 22.6 Å². The fourth-order valence-corrected chi connectivity index (χ4v) is 1.71. The van der Waals surface area contributed by atoms with Gasteiger partial charge in [-0.2, -0.15) is 5.26 Å². The average molecular weight is 276 g/mol. The zero-order valence-corrected chi connectivity index (χ0v) is 11.2. The van der Waals surface area contributed by atoms with E-state index in [9.17, 15) is 4.79 Å². The van der Waals surface area contributed by atoms with Crippen LogP contribution in [-0.4, -0.2) is 12.5 Å². The molecule has 2 rings (SSSR count). The minimum atomic E-state index is -0.281. The molecule has 0 saturated heterocycles. The van der Waals surface area contributed by atoms with Crippen LogP contribution in [-0.2, 0) is 0 Å². The number of para-hydroxylation sites is 2. The molecule has 0 aromatic heterocycles. The van der Waals surface area contributed by atoms with Gasteiger partial charge in [0.15, 0.2) is 0 Å². The zero-order chi connectivity index (χ0) is 15.1. The minimum Gasteiger partial charge on any atom is -0.479 e. The molecule has 0 heterocycles. The first-order valence-corrected chi connectivity index (χ1v) is 6.21. The van der Waals surface area contributed by atoms with Gasteiger partial charge in [-0.15, -0.1) is 6.42 Å². The Morgan fingerprint density at radius 3 is 2.57 bits per heavy atom. The Bertz CT molecular complexity index is 722. The van der Waals surface area contributed by atoms with Gasteiger partial charge in [-0.3, -0.25) is 4.79 Å². The number of ether oxygens (including phenoxy) is 1. The molecule has 0 radical (unpaired) electrons. The number of rotatable bonds is 4. The molecule has 0 aliphatic carbocycles. The van der Waals surface area contributed by atoms with E-state index in [4.69, 9.17) is 16.4 Å². The van der Waals surface area contributed by atoms with Crippen molar-refractivity contribution in [3.63, 3.8) is 0 Å². The van der Waals surface area contributed by atoms with Crippen LogP contribution in [0, 0.1) is 23.7 Å². The Balaban J connectivity index is 2.15. The number of amides is 1. The van der Waals surface area contributed by atoms with Crippen molar-refractivity contribution in [2.75, 3.05) is 11.9 Å². The number of nitriles is 1. The molecular formula is C17H12N2O2. The lowest BCUT2D eigenvalue weighted by molar-refractivity contribution is 0.102. The normalized spacial score (nSPS) is 9.24. The van der Waals surface area contributed by atoms with E-state index >= 15 is 0 Å². The Kier molecular flexibility index (Phi) is 4.58. The molecule has 0 fully saturated rings. The van der Waals surface area contributed by atoms with E-state index in [0.717, 1.165) is 0 Å². The van der Waals surface area contributed by atoms with E-state index < -0.39 is 0 Å². The van der Waals surface area contributed by atoms with Crippen LogP contribution in [0.25, 0.3) is 0 Å². The second-order valence-corrected chi connectivity index (χ2v) is 4.13. The second-order valence-electron chi connectivity index (χ2n) is 4.13. The molecule has 1 N–H and O–H groups in total. The van der Waals surface area contributed by atoms with Crippen LogP contribution in [0.5, 0.6) is 5.75 Å². The first kappa shape index (κ1) is 14.2. The Hall–Kier alpha value is -3.24. The SMILES string of the molecule is C#CCOc1ccccc1NC(=O)c1ccc(C#N)cc1. The maximum Gasteiger partial charge on any atom is 0.255 e. The first-order valence-electron chi connectivity index (χ1n) is 6.21. The molecule has 21 heavy (non-hydrogen) atoms. The van der Waals surface area contributed by atoms with E-state index in [1.165, 1.54) is 0 Å². The molecule has 0 aliphatic rings. The molecule has 0 saturated carbocycles. The maximum absolute atomic E-state index is 12.1. The molecule has 0 aliphatic heterocycles. The van der Waals surface area contributed by atoms with Gasteiger partial charge in [-0.25, -0.2) is 0 Å². The molecule has 102 valence electrons. The number of carbonyl (C=O) groups is 1. The molecule has 2 aromatic carbocycles. The van der Waals surface area contributed by atoms with Gasteiger partial charge in [0.1, 0.15) is 12.4 Å². The monoisotopic (exact) mass is 276 g/mol. The van der Waals surface area contributed by atoms with Gasteiger partial charge in [-0.1, -0.05) is 18.1 Å². The lowest BCUT2D eigenvalue weighted by atomic mass is 10.1. The summed E-state index contributed by atoms with van der Waals surface area (Å²) >= 11 is 0. The minimum absolute atomic E-state index is 0.129. The Labute approximate surface area is 123 Å². The lowest BCUT2D eigenvalue weighted by Crippen LogP contribution is -2.13. The number of nitrogens with one attached hydrogen (secondary N) is 1. The summed E-state index contributed by atoms with van der Waals surface area (Å²) in [5.41, 5.74) is 1.51. The topological polar surface area (TPSA) is 62.1 Å². The van der Waals surface area contributed by atoms with Crippen LogP contribution in [0.1, 0.15) is 15.9 Å². The fourth-order valence-electron chi connectivity index (χ4n) is 1.71. The number of carbonyl (C=O) groups excluding carboxylic acids is 1. The molecule has 0 atom stereocenters. The molecule has 0 spiro atoms. The smallest absolute Gasteiger partial charge is 0.255 e. The van der Waals surface area contributed by atoms with Crippen LogP contribution < -0.4 is 10.1 Å². The van der Waals surface area contributed by atoms with Crippen molar-refractivity contribution in [1.82, 2.24) is 0 Å². The summed E-state index contributed by atoms with van der Waals surface area (Å²) < 4.78 is 5.37. The standard InChI is InChI=1S/C17H12N2O2/c1-2-11-21-16-6-4-3-5-15(16)19-17(20)14-9-7-13(12-18)8-10-14/h1,3-10H,11H2,(H,19,20). The van der Waals surface area contributed by atoms with Gasteiger partial charge < -0.3 is 10.1 Å². The predicted octanol–water partition coefficient (Wildman–Crippen LogP) is 2.82. The largest absolute Gasteiger partial charge is 0.479 e. The highest BCUT2D eigenvalue weighted by molar-refractivity contribution is 6.05. The van der Waals surface area contributed by atoms with Crippen LogP contribution in [0.15, 0.2) is 48.5 Å². The summed E-state index contributed by atoms with van der Waals surface area (Å²) in [7, 11) is 0. The molecule has 4 heteroatoms. The van der Waals surface area contributed by atoms with Crippen LogP contribution >= 0.6 is 0 Å². The highest BCUT2D eigenvalue weighted by atomic mass is 16.5. The van der Waals surface area contributed by atoms with Gasteiger partial charge in [0.2, 0.25) is 0 Å². The third-order valence-electron chi connectivity index (χ3n) is 2.72. The summed E-state index contributed by atoms with van der Waals surface area (Å²) in [5.74, 6) is 2.61. The molecular weight excluding hydrogens is 264 g/mol. The number of anilines is 1. The fraction of sp³-hybridized carbons (Fsp3) is 0.0588. The van der Waals surface area contributed by atoms with E-state index in [-0.39, 0.29) is 12.5 Å². The van der Waals surface area contributed by atoms with Gasteiger partial charge in [-0.05, 0) is 36.4 Å². The lowest BCUT2D eigenvalue weighted by Gasteiger charge is -2.10. The number of nitrogens with zero attached hydrogens (tertiary/aromatic N) is 1. The van der Waals surface area contributed by atoms with E-state index in [2.05, 4.69) is 11.2 Å². The molecule has 0 bridgehead atoms. The average Bonchev–Trinajstić information content (AvgIpc) is 2.54. The number of benzene rings is 2. The van der Waals surface area contributed by atoms with Crippen molar-refractivity contribution in [3.05, 3.63) is 59.7 Å². The Morgan fingerprint density at radius 2 is 1.90 bits per heavy atom. The quantitative estimate of drug-likeness (QED) is 0.873. The summed E-state index contributed by atoms with van der Waals surface area (Å²) in [6.45, 7) is 0.129. The second kappa shape index (κ2) is 6.79. The third kappa shape index (κ3) is 3.62. The predicted molar refractivity (Wildman–Crippen MR) is 79.9 cm³/mol. The van der Waals surface area contributed by atoms with E-state index in [1.54, 1.807) is 48.5 Å². The van der Waals surface area contributed by atoms with Crippen LogP contribution in [0.4, 0.5) is 5.69 Å². The van der Waals surface area contributed by atoms with Gasteiger partial charge >= 0.3 is 0 Å². The van der Waals surface area contributed by atoms with E-state index in [1.807, 2.05) is 6.07 Å². The highest BCUT2D eigenvalue weighted by Crippen LogP contribution is 2.24. The van der Waals surface area contributed by atoms with Crippen molar-refractivity contribution in [1.29, 1.82) is 5.26 Å². The maximum atomic E-state index is 12.1. The number of terminal acetylenes is 1. The van der Waals surface area contributed by atoms with Gasteiger partial charge in [0, 0.05) is 5.56 Å². The van der Waals surface area contributed by atoms with Crippen molar-refractivity contribution in [2.45, 2.75) is 0 Å². The Morgan fingerprint density at radius 1 is 1.19 bits per heavy atom. The van der Waals surface area contributed by atoms with Crippen molar-refractivity contribution < 1.29 is 9.53 Å². The molecule has 4 nitrogen and oxygen atoms in total. The highest BCUT2D eigenvalue weighted by Gasteiger charge is 2.09. The van der Waals surface area contributed by atoms with Crippen LogP contribution in [0.2, 0.25) is 0 Å². The number of hydrogen-bond donors (Lipinski definition) is 1. The summed E-state index contributed by atoms with van der Waals surface area (Å²) in [6, 6.07) is 15.4. The number of hydrogen-bond acceptors (Lipinski definition) is 3. The summed E-state index contributed by atoms with van der Waals surface area (Å²) in [6.07, 6.45) is 5.16. The molecule has 0 unspecified atom stereocenters. The summed E-state index contributed by atoms with van der Waals surface area (Å²) in [5, 5.41) is 11.5. The van der Waals surface area contributed by atoms with Crippen molar-refractivity contribution >= 4 is 11.6 Å². The third-order valence-corrected chi connectivity index (χ3v) is 2.72. The summed E-state index contributed by atoms with van der Waals surface area (Å²) in [4.78, 5) is 12.1. The molecule has 1 amide bonds. The van der Waals surface area contributed by atoms with Gasteiger partial charge in [0.05, 0.1) is 17.3 Å². The van der Waals surface area contributed by atoms with Crippen molar-refractivity contribution in [3.8, 4) is 24.2 Å². The van der Waals surface area contributed by atoms with Crippen LogP contribution in [0.3, 0.4) is 0 Å². The molecule has 2 aromatic rings.